The highest BCUT2D eigenvalue weighted by Crippen LogP contribution is 2.40. The van der Waals surface area contributed by atoms with Crippen LogP contribution in [0.25, 0.3) is 5.70 Å². The van der Waals surface area contributed by atoms with Crippen molar-refractivity contribution in [3.63, 3.8) is 0 Å². The van der Waals surface area contributed by atoms with Crippen molar-refractivity contribution in [3.05, 3.63) is 87.1 Å². The van der Waals surface area contributed by atoms with E-state index in [9.17, 15) is 15.4 Å². The molecule has 0 bridgehead atoms. The van der Waals surface area contributed by atoms with Gasteiger partial charge in [-0.3, -0.25) is 10.1 Å². The summed E-state index contributed by atoms with van der Waals surface area (Å²) < 4.78 is 5.37. The molecule has 2 aromatic rings. The highest BCUT2D eigenvalue weighted by molar-refractivity contribution is 5.75. The van der Waals surface area contributed by atoms with Gasteiger partial charge in [-0.1, -0.05) is 30.3 Å². The van der Waals surface area contributed by atoms with Gasteiger partial charge in [-0.05, 0) is 24.6 Å². The molecule has 0 fully saturated rings. The Bertz CT molecular complexity index is 843. The Morgan fingerprint density at radius 1 is 1.26 bits per heavy atom. The first kappa shape index (κ1) is 14.6. The Hall–Kier alpha value is -3.33. The minimum atomic E-state index is -0.832. The first-order valence-electron chi connectivity index (χ1n) is 6.98. The predicted octanol–water partition coefficient (Wildman–Crippen LogP) is 3.41. The fraction of sp³-hybridized carbons (Fsp3) is 0.118. The summed E-state index contributed by atoms with van der Waals surface area (Å²) >= 11 is 0. The zero-order valence-electron chi connectivity index (χ0n) is 12.3. The minimum absolute atomic E-state index is 0.0730. The van der Waals surface area contributed by atoms with E-state index in [0.29, 0.717) is 17.2 Å². The largest absolute Gasteiger partial charge is 0.468 e. The Kier molecular flexibility index (Phi) is 3.69. The van der Waals surface area contributed by atoms with Gasteiger partial charge in [-0.2, -0.15) is 5.26 Å². The molecule has 0 saturated heterocycles. The molecule has 1 unspecified atom stereocenters. The van der Waals surface area contributed by atoms with Crippen LogP contribution in [0.15, 0.2) is 70.1 Å². The van der Waals surface area contributed by atoms with E-state index in [1.54, 1.807) is 19.1 Å². The number of furan rings is 1. The number of benzene rings is 1. The summed E-state index contributed by atoms with van der Waals surface area (Å²) in [6, 6.07) is 14.7. The van der Waals surface area contributed by atoms with E-state index >= 15 is 0 Å². The quantitative estimate of drug-likeness (QED) is 0.693. The van der Waals surface area contributed by atoms with E-state index in [2.05, 4.69) is 11.4 Å². The second-order valence-corrected chi connectivity index (χ2v) is 5.11. The van der Waals surface area contributed by atoms with Crippen LogP contribution in [-0.2, 0) is 0 Å². The third-order valence-corrected chi connectivity index (χ3v) is 3.74. The number of hydrogen-bond donors (Lipinski definition) is 1. The lowest BCUT2D eigenvalue weighted by Gasteiger charge is -2.24. The number of rotatable bonds is 3. The molecule has 23 heavy (non-hydrogen) atoms. The van der Waals surface area contributed by atoms with Gasteiger partial charge in [0.15, 0.2) is 0 Å². The van der Waals surface area contributed by atoms with Gasteiger partial charge in [0.05, 0.1) is 34.2 Å². The fourth-order valence-corrected chi connectivity index (χ4v) is 2.74. The average Bonchev–Trinajstić information content (AvgIpc) is 3.08. The van der Waals surface area contributed by atoms with Crippen molar-refractivity contribution in [3.8, 4) is 6.07 Å². The van der Waals surface area contributed by atoms with Crippen LogP contribution < -0.4 is 5.32 Å². The van der Waals surface area contributed by atoms with Gasteiger partial charge in [-0.15, -0.1) is 0 Å². The van der Waals surface area contributed by atoms with Crippen molar-refractivity contribution in [1.82, 2.24) is 5.32 Å². The first-order valence-corrected chi connectivity index (χ1v) is 6.98. The lowest BCUT2D eigenvalue weighted by Crippen LogP contribution is -2.27. The maximum atomic E-state index is 11.5. The number of nitrogens with one attached hydrogen (secondary N) is 1. The molecular weight excluding hydrogens is 294 g/mol. The number of hydrogen-bond acceptors (Lipinski definition) is 5. The summed E-state index contributed by atoms with van der Waals surface area (Å²) in [7, 11) is 0. The van der Waals surface area contributed by atoms with E-state index in [4.69, 9.17) is 4.42 Å². The Balaban J connectivity index is 2.24. The van der Waals surface area contributed by atoms with Crippen LogP contribution in [0.3, 0.4) is 0 Å². The van der Waals surface area contributed by atoms with Crippen LogP contribution in [0, 0.1) is 21.4 Å². The summed E-state index contributed by atoms with van der Waals surface area (Å²) in [5, 5.41) is 24.2. The summed E-state index contributed by atoms with van der Waals surface area (Å²) in [5.41, 5.74) is 1.95. The molecule has 0 saturated carbocycles. The normalized spacial score (nSPS) is 17.7. The lowest BCUT2D eigenvalue weighted by molar-refractivity contribution is -0.431. The monoisotopic (exact) mass is 307 g/mol. The van der Waals surface area contributed by atoms with Gasteiger partial charge in [0.2, 0.25) is 0 Å². The van der Waals surface area contributed by atoms with E-state index in [1.165, 1.54) is 6.26 Å². The third kappa shape index (κ3) is 2.49. The molecule has 1 atom stereocenters. The van der Waals surface area contributed by atoms with Gasteiger partial charge in [-0.25, -0.2) is 0 Å². The van der Waals surface area contributed by atoms with Crippen LogP contribution >= 0.6 is 0 Å². The molecule has 2 heterocycles. The molecule has 1 N–H and O–H groups in total. The predicted molar refractivity (Wildman–Crippen MR) is 83.3 cm³/mol. The zero-order chi connectivity index (χ0) is 16.4. The standard InChI is InChI=1S/C17H13N3O3/c1-11-17(20(21)22)15(14-8-5-9-23-14)13(10-18)16(19-11)12-6-3-2-4-7-12/h2-9,15,19H,1H3. The van der Waals surface area contributed by atoms with Gasteiger partial charge >= 0.3 is 0 Å². The molecule has 0 amide bonds. The van der Waals surface area contributed by atoms with Crippen molar-refractivity contribution in [1.29, 1.82) is 5.26 Å². The smallest absolute Gasteiger partial charge is 0.280 e. The number of nitrogens with zero attached hydrogens (tertiary/aromatic N) is 2. The van der Waals surface area contributed by atoms with Gasteiger partial charge < -0.3 is 9.73 Å². The zero-order valence-corrected chi connectivity index (χ0v) is 12.3. The topological polar surface area (TPSA) is 92.1 Å². The van der Waals surface area contributed by atoms with Crippen molar-refractivity contribution in [2.24, 2.45) is 0 Å². The van der Waals surface area contributed by atoms with Crippen molar-refractivity contribution < 1.29 is 9.34 Å². The van der Waals surface area contributed by atoms with Crippen molar-refractivity contribution in [2.45, 2.75) is 12.8 Å². The average molecular weight is 307 g/mol. The molecule has 0 radical (unpaired) electrons. The number of allylic oxidation sites excluding steroid dienone is 2. The van der Waals surface area contributed by atoms with Crippen LogP contribution in [0.1, 0.15) is 24.2 Å². The number of dihydropyridines is 1. The van der Waals surface area contributed by atoms with E-state index < -0.39 is 10.8 Å². The molecule has 0 aliphatic carbocycles. The molecular formula is C17H13N3O3. The SMILES string of the molecule is CC1=C([N+](=O)[O-])C(c2ccco2)C(C#N)=C(c2ccccc2)N1. The second kappa shape index (κ2) is 5.81. The molecule has 1 aliphatic rings. The first-order chi connectivity index (χ1) is 11.1. The molecule has 1 aliphatic heterocycles. The molecule has 3 rings (SSSR count). The van der Waals surface area contributed by atoms with Crippen LogP contribution in [-0.4, -0.2) is 4.92 Å². The van der Waals surface area contributed by atoms with E-state index in [-0.39, 0.29) is 11.3 Å². The van der Waals surface area contributed by atoms with E-state index in [0.717, 1.165) is 5.56 Å². The minimum Gasteiger partial charge on any atom is -0.468 e. The number of nitriles is 1. The highest BCUT2D eigenvalue weighted by Gasteiger charge is 2.40. The molecule has 6 nitrogen and oxygen atoms in total. The van der Waals surface area contributed by atoms with Crippen molar-refractivity contribution >= 4 is 5.70 Å². The third-order valence-electron chi connectivity index (χ3n) is 3.74. The summed E-state index contributed by atoms with van der Waals surface area (Å²) in [6.45, 7) is 1.63. The Morgan fingerprint density at radius 2 is 2.00 bits per heavy atom. The molecule has 1 aromatic heterocycles. The summed E-state index contributed by atoms with van der Waals surface area (Å²) in [5.74, 6) is -0.455. The maximum Gasteiger partial charge on any atom is 0.280 e. The van der Waals surface area contributed by atoms with Gasteiger partial charge in [0.25, 0.3) is 5.70 Å². The van der Waals surface area contributed by atoms with Crippen LogP contribution in [0.2, 0.25) is 0 Å². The van der Waals surface area contributed by atoms with Gasteiger partial charge in [0.1, 0.15) is 11.7 Å². The highest BCUT2D eigenvalue weighted by atomic mass is 16.6. The summed E-state index contributed by atoms with van der Waals surface area (Å²) in [4.78, 5) is 11.0. The number of nitro groups is 1. The Labute approximate surface area is 132 Å². The van der Waals surface area contributed by atoms with Crippen LogP contribution in [0.5, 0.6) is 0 Å². The Morgan fingerprint density at radius 3 is 2.57 bits per heavy atom. The molecule has 6 heteroatoms. The summed E-state index contributed by atoms with van der Waals surface area (Å²) in [6.07, 6.45) is 1.45. The van der Waals surface area contributed by atoms with Gasteiger partial charge in [0, 0.05) is 0 Å². The molecule has 114 valence electrons. The molecule has 0 spiro atoms. The van der Waals surface area contributed by atoms with E-state index in [1.807, 2.05) is 30.3 Å². The van der Waals surface area contributed by atoms with Crippen LogP contribution in [0.4, 0.5) is 0 Å². The second-order valence-electron chi connectivity index (χ2n) is 5.11. The lowest BCUT2D eigenvalue weighted by atomic mass is 9.86. The molecule has 1 aromatic carbocycles. The fourth-order valence-electron chi connectivity index (χ4n) is 2.74. The maximum absolute atomic E-state index is 11.5. The van der Waals surface area contributed by atoms with Crippen molar-refractivity contribution in [2.75, 3.05) is 0 Å².